The highest BCUT2D eigenvalue weighted by atomic mass is 16.2. The zero-order valence-corrected chi connectivity index (χ0v) is 11.5. The summed E-state index contributed by atoms with van der Waals surface area (Å²) >= 11 is 0. The first-order valence-corrected chi connectivity index (χ1v) is 6.04. The Kier molecular flexibility index (Phi) is 7.54. The minimum absolute atomic E-state index is 0.0245. The molecule has 0 rings (SSSR count). The molecule has 5 heteroatoms. The molecule has 2 amide bonds. The second-order valence-electron chi connectivity index (χ2n) is 4.82. The molecule has 0 radical (unpaired) electrons. The highest BCUT2D eigenvalue weighted by Crippen LogP contribution is 1.98. The van der Waals surface area contributed by atoms with Crippen molar-refractivity contribution < 1.29 is 9.59 Å². The van der Waals surface area contributed by atoms with Crippen LogP contribution in [0.3, 0.4) is 0 Å². The standard InChI is InChI=1S/C12H25N3O2/c1-9(2)10(3)14-11(16)8-13-7-6-12(17)15(4)5/h9-10,13H,6-8H2,1-5H3,(H,14,16). The fraction of sp³-hybridized carbons (Fsp3) is 0.833. The molecule has 0 heterocycles. The third kappa shape index (κ3) is 7.74. The van der Waals surface area contributed by atoms with Gasteiger partial charge in [-0.15, -0.1) is 0 Å². The van der Waals surface area contributed by atoms with Crippen molar-refractivity contribution in [3.63, 3.8) is 0 Å². The van der Waals surface area contributed by atoms with Gasteiger partial charge in [-0.25, -0.2) is 0 Å². The minimum atomic E-state index is -0.0245. The monoisotopic (exact) mass is 243 g/mol. The Labute approximate surface area is 104 Å². The van der Waals surface area contributed by atoms with E-state index in [0.29, 0.717) is 18.9 Å². The van der Waals surface area contributed by atoms with Gasteiger partial charge in [0.05, 0.1) is 6.54 Å². The van der Waals surface area contributed by atoms with Gasteiger partial charge in [0.2, 0.25) is 11.8 Å². The van der Waals surface area contributed by atoms with E-state index in [4.69, 9.17) is 0 Å². The highest BCUT2D eigenvalue weighted by Gasteiger charge is 2.10. The minimum Gasteiger partial charge on any atom is -0.352 e. The highest BCUT2D eigenvalue weighted by molar-refractivity contribution is 5.78. The Morgan fingerprint density at radius 2 is 1.76 bits per heavy atom. The van der Waals surface area contributed by atoms with Gasteiger partial charge in [0.25, 0.3) is 0 Å². The Balaban J connectivity index is 3.62. The van der Waals surface area contributed by atoms with Crippen molar-refractivity contribution in [1.29, 1.82) is 0 Å². The maximum atomic E-state index is 11.5. The third-order valence-corrected chi connectivity index (χ3v) is 2.69. The van der Waals surface area contributed by atoms with Crippen molar-refractivity contribution in [1.82, 2.24) is 15.5 Å². The summed E-state index contributed by atoms with van der Waals surface area (Å²) < 4.78 is 0. The van der Waals surface area contributed by atoms with Crippen molar-refractivity contribution in [2.75, 3.05) is 27.2 Å². The van der Waals surface area contributed by atoms with Gasteiger partial charge in [-0.2, -0.15) is 0 Å². The van der Waals surface area contributed by atoms with Crippen LogP contribution in [0, 0.1) is 5.92 Å². The van der Waals surface area contributed by atoms with Crippen LogP contribution in [0.25, 0.3) is 0 Å². The summed E-state index contributed by atoms with van der Waals surface area (Å²) in [7, 11) is 3.44. The summed E-state index contributed by atoms with van der Waals surface area (Å²) in [6.45, 7) is 6.90. The van der Waals surface area contributed by atoms with E-state index in [1.54, 1.807) is 19.0 Å². The number of nitrogens with one attached hydrogen (secondary N) is 2. The fourth-order valence-corrected chi connectivity index (χ4v) is 1.09. The molecule has 0 saturated carbocycles. The average molecular weight is 243 g/mol. The van der Waals surface area contributed by atoms with Crippen LogP contribution >= 0.6 is 0 Å². The molecule has 0 fully saturated rings. The number of nitrogens with zero attached hydrogens (tertiary/aromatic N) is 1. The molecule has 0 aliphatic carbocycles. The summed E-state index contributed by atoms with van der Waals surface area (Å²) in [4.78, 5) is 24.3. The van der Waals surface area contributed by atoms with Crippen LogP contribution in [0.15, 0.2) is 0 Å². The molecule has 5 nitrogen and oxygen atoms in total. The van der Waals surface area contributed by atoms with Crippen LogP contribution in [0.1, 0.15) is 27.2 Å². The number of amides is 2. The maximum absolute atomic E-state index is 11.5. The molecule has 0 aromatic rings. The maximum Gasteiger partial charge on any atom is 0.234 e. The molecule has 17 heavy (non-hydrogen) atoms. The van der Waals surface area contributed by atoms with Gasteiger partial charge in [0.1, 0.15) is 0 Å². The van der Waals surface area contributed by atoms with Gasteiger partial charge >= 0.3 is 0 Å². The lowest BCUT2D eigenvalue weighted by molar-refractivity contribution is -0.128. The molecule has 0 spiro atoms. The topological polar surface area (TPSA) is 61.4 Å². The molecule has 0 saturated heterocycles. The molecule has 0 aromatic carbocycles. The van der Waals surface area contributed by atoms with Gasteiger partial charge in [-0.3, -0.25) is 9.59 Å². The van der Waals surface area contributed by atoms with E-state index in [0.717, 1.165) is 0 Å². The summed E-state index contributed by atoms with van der Waals surface area (Å²) in [5.74, 6) is 0.464. The number of carbonyl (C=O) groups is 2. The zero-order valence-electron chi connectivity index (χ0n) is 11.5. The number of hydrogen-bond acceptors (Lipinski definition) is 3. The lowest BCUT2D eigenvalue weighted by Crippen LogP contribution is -2.41. The molecule has 0 aliphatic rings. The molecule has 0 aliphatic heterocycles. The lowest BCUT2D eigenvalue weighted by Gasteiger charge is -2.17. The molecule has 0 aromatic heterocycles. The number of hydrogen-bond donors (Lipinski definition) is 2. The van der Waals surface area contributed by atoms with Gasteiger partial charge in [0, 0.05) is 33.1 Å². The summed E-state index contributed by atoms with van der Waals surface area (Å²) in [5, 5.41) is 5.85. The van der Waals surface area contributed by atoms with Crippen molar-refractivity contribution in [3.05, 3.63) is 0 Å². The Morgan fingerprint density at radius 1 is 1.18 bits per heavy atom. The third-order valence-electron chi connectivity index (χ3n) is 2.69. The van der Waals surface area contributed by atoms with E-state index in [1.165, 1.54) is 0 Å². The normalized spacial score (nSPS) is 12.4. The average Bonchev–Trinajstić information content (AvgIpc) is 2.23. The van der Waals surface area contributed by atoms with E-state index in [2.05, 4.69) is 24.5 Å². The first kappa shape index (κ1) is 15.9. The molecule has 100 valence electrons. The smallest absolute Gasteiger partial charge is 0.234 e. The van der Waals surface area contributed by atoms with E-state index in [-0.39, 0.29) is 24.4 Å². The van der Waals surface area contributed by atoms with Gasteiger partial charge in [-0.05, 0) is 12.8 Å². The van der Waals surface area contributed by atoms with Crippen LogP contribution in [0.2, 0.25) is 0 Å². The van der Waals surface area contributed by atoms with Gasteiger partial charge in [-0.1, -0.05) is 13.8 Å². The fourth-order valence-electron chi connectivity index (χ4n) is 1.09. The van der Waals surface area contributed by atoms with Crippen LogP contribution in [-0.4, -0.2) is 49.9 Å². The summed E-state index contributed by atoms with van der Waals surface area (Å²) in [5.41, 5.74) is 0. The van der Waals surface area contributed by atoms with E-state index < -0.39 is 0 Å². The van der Waals surface area contributed by atoms with E-state index in [9.17, 15) is 9.59 Å². The number of carbonyl (C=O) groups excluding carboxylic acids is 2. The predicted octanol–water partition coefficient (Wildman–Crippen LogP) is 0.215. The molecule has 0 bridgehead atoms. The number of rotatable bonds is 7. The Morgan fingerprint density at radius 3 is 2.24 bits per heavy atom. The van der Waals surface area contributed by atoms with Crippen LogP contribution in [0.4, 0.5) is 0 Å². The van der Waals surface area contributed by atoms with Crippen LogP contribution in [-0.2, 0) is 9.59 Å². The Hall–Kier alpha value is -1.10. The van der Waals surface area contributed by atoms with Gasteiger partial charge < -0.3 is 15.5 Å². The van der Waals surface area contributed by atoms with Crippen molar-refractivity contribution >= 4 is 11.8 Å². The first-order chi connectivity index (χ1) is 7.84. The SMILES string of the molecule is CC(C)C(C)NC(=O)CNCCC(=O)N(C)C. The second kappa shape index (κ2) is 8.06. The van der Waals surface area contributed by atoms with E-state index >= 15 is 0 Å². The van der Waals surface area contributed by atoms with Crippen molar-refractivity contribution in [2.24, 2.45) is 5.92 Å². The van der Waals surface area contributed by atoms with Crippen molar-refractivity contribution in [3.8, 4) is 0 Å². The molecule has 2 N–H and O–H groups in total. The largest absolute Gasteiger partial charge is 0.352 e. The lowest BCUT2D eigenvalue weighted by atomic mass is 10.1. The quantitative estimate of drug-likeness (QED) is 0.629. The summed E-state index contributed by atoms with van der Waals surface area (Å²) in [6.07, 6.45) is 0.417. The van der Waals surface area contributed by atoms with Crippen LogP contribution < -0.4 is 10.6 Å². The van der Waals surface area contributed by atoms with Crippen molar-refractivity contribution in [2.45, 2.75) is 33.2 Å². The van der Waals surface area contributed by atoms with E-state index in [1.807, 2.05) is 6.92 Å². The first-order valence-electron chi connectivity index (χ1n) is 6.04. The molecular formula is C12H25N3O2. The second-order valence-corrected chi connectivity index (χ2v) is 4.82. The van der Waals surface area contributed by atoms with Crippen LogP contribution in [0.5, 0.6) is 0 Å². The van der Waals surface area contributed by atoms with Gasteiger partial charge in [0.15, 0.2) is 0 Å². The molecular weight excluding hydrogens is 218 g/mol. The Bertz CT molecular complexity index is 252. The summed E-state index contributed by atoms with van der Waals surface area (Å²) in [6, 6.07) is 0.174. The predicted molar refractivity (Wildman–Crippen MR) is 68.6 cm³/mol. The molecule has 1 unspecified atom stereocenters. The molecule has 1 atom stereocenters. The zero-order chi connectivity index (χ0) is 13.4.